The van der Waals surface area contributed by atoms with Crippen molar-refractivity contribution in [3.8, 4) is 5.75 Å². The maximum Gasteiger partial charge on any atom is 0.126 e. The van der Waals surface area contributed by atoms with Crippen LogP contribution in [0.3, 0.4) is 0 Å². The van der Waals surface area contributed by atoms with E-state index >= 15 is 0 Å². The first-order chi connectivity index (χ1) is 10.2. The van der Waals surface area contributed by atoms with Crippen LogP contribution in [0.4, 0.5) is 0 Å². The van der Waals surface area contributed by atoms with Gasteiger partial charge in [-0.05, 0) is 29.3 Å². The molecule has 0 bridgehead atoms. The number of hydrogen-bond donors (Lipinski definition) is 1. The molecule has 3 nitrogen and oxygen atoms in total. The summed E-state index contributed by atoms with van der Waals surface area (Å²) in [5.74, 6) is 0.823. The molecule has 0 saturated carbocycles. The standard InChI is InChI=1S/C17H18ClNO2/c1-20-10-11-2-4-12(5-3-11)17-9-15(19)14-8-13(18)6-7-16(14)21-17/h2-8,15,17H,9-10,19H2,1H3/t15-,17?/m1/s1. The number of methoxy groups -OCH3 is 1. The molecule has 1 unspecified atom stereocenters. The predicted octanol–water partition coefficient (Wildman–Crippen LogP) is 4.01. The Morgan fingerprint density at radius 2 is 2.00 bits per heavy atom. The molecular formula is C17H18ClNO2. The second-order valence-corrected chi connectivity index (χ2v) is 5.74. The van der Waals surface area contributed by atoms with Gasteiger partial charge in [0.15, 0.2) is 0 Å². The lowest BCUT2D eigenvalue weighted by Gasteiger charge is -2.30. The van der Waals surface area contributed by atoms with Crippen molar-refractivity contribution in [1.82, 2.24) is 0 Å². The Hall–Kier alpha value is -1.55. The summed E-state index contributed by atoms with van der Waals surface area (Å²) in [7, 11) is 1.69. The summed E-state index contributed by atoms with van der Waals surface area (Å²) in [6.07, 6.45) is 0.724. The average Bonchev–Trinajstić information content (AvgIpc) is 2.49. The van der Waals surface area contributed by atoms with E-state index in [1.165, 1.54) is 0 Å². The van der Waals surface area contributed by atoms with Gasteiger partial charge in [0, 0.05) is 30.2 Å². The molecule has 0 aliphatic carbocycles. The molecule has 0 radical (unpaired) electrons. The number of benzene rings is 2. The molecule has 0 saturated heterocycles. The van der Waals surface area contributed by atoms with Crippen LogP contribution in [-0.4, -0.2) is 7.11 Å². The number of ether oxygens (including phenoxy) is 2. The van der Waals surface area contributed by atoms with Crippen LogP contribution in [0.1, 0.15) is 35.3 Å². The first-order valence-corrected chi connectivity index (χ1v) is 7.34. The normalized spacial score (nSPS) is 20.7. The molecule has 1 heterocycles. The SMILES string of the molecule is COCc1ccc(C2C[C@@H](N)c3cc(Cl)ccc3O2)cc1. The Labute approximate surface area is 129 Å². The second kappa shape index (κ2) is 6.06. The highest BCUT2D eigenvalue weighted by atomic mass is 35.5. The minimum atomic E-state index is -0.0592. The molecule has 110 valence electrons. The number of rotatable bonds is 3. The first-order valence-electron chi connectivity index (χ1n) is 6.97. The summed E-state index contributed by atoms with van der Waals surface area (Å²) < 4.78 is 11.2. The fraction of sp³-hybridized carbons (Fsp3) is 0.294. The molecule has 4 heteroatoms. The van der Waals surface area contributed by atoms with Crippen molar-refractivity contribution in [3.63, 3.8) is 0 Å². The molecule has 2 aromatic rings. The average molecular weight is 304 g/mol. The Balaban J connectivity index is 1.83. The van der Waals surface area contributed by atoms with Crippen LogP contribution in [0.2, 0.25) is 5.02 Å². The van der Waals surface area contributed by atoms with Gasteiger partial charge in [0.05, 0.1) is 6.61 Å². The van der Waals surface area contributed by atoms with Crippen LogP contribution in [-0.2, 0) is 11.3 Å². The zero-order valence-corrected chi connectivity index (χ0v) is 12.6. The van der Waals surface area contributed by atoms with Crippen molar-refractivity contribution in [1.29, 1.82) is 0 Å². The van der Waals surface area contributed by atoms with Gasteiger partial charge in [-0.15, -0.1) is 0 Å². The molecule has 2 N–H and O–H groups in total. The van der Waals surface area contributed by atoms with E-state index in [-0.39, 0.29) is 12.1 Å². The Bertz CT molecular complexity index is 627. The highest BCUT2D eigenvalue weighted by Gasteiger charge is 2.27. The van der Waals surface area contributed by atoms with Gasteiger partial charge >= 0.3 is 0 Å². The van der Waals surface area contributed by atoms with Crippen LogP contribution in [0.15, 0.2) is 42.5 Å². The summed E-state index contributed by atoms with van der Waals surface area (Å²) >= 11 is 6.02. The minimum absolute atomic E-state index is 0.0229. The maximum atomic E-state index is 6.26. The topological polar surface area (TPSA) is 44.5 Å². The summed E-state index contributed by atoms with van der Waals surface area (Å²) in [4.78, 5) is 0. The molecule has 0 aromatic heterocycles. The fourth-order valence-corrected chi connectivity index (χ4v) is 2.86. The quantitative estimate of drug-likeness (QED) is 0.931. The van der Waals surface area contributed by atoms with Gasteiger partial charge in [0.25, 0.3) is 0 Å². The second-order valence-electron chi connectivity index (χ2n) is 5.31. The van der Waals surface area contributed by atoms with Gasteiger partial charge in [0.1, 0.15) is 11.9 Å². The van der Waals surface area contributed by atoms with E-state index in [0.29, 0.717) is 11.6 Å². The number of nitrogens with two attached hydrogens (primary N) is 1. The van der Waals surface area contributed by atoms with E-state index in [1.807, 2.05) is 18.2 Å². The molecule has 0 fully saturated rings. The lowest BCUT2D eigenvalue weighted by molar-refractivity contribution is 0.161. The van der Waals surface area contributed by atoms with E-state index in [4.69, 9.17) is 26.8 Å². The van der Waals surface area contributed by atoms with Crippen LogP contribution in [0.25, 0.3) is 0 Å². The van der Waals surface area contributed by atoms with Gasteiger partial charge in [-0.1, -0.05) is 35.9 Å². The van der Waals surface area contributed by atoms with Crippen molar-refractivity contribution in [2.24, 2.45) is 5.73 Å². The smallest absolute Gasteiger partial charge is 0.126 e. The maximum absolute atomic E-state index is 6.26. The van der Waals surface area contributed by atoms with Gasteiger partial charge in [-0.2, -0.15) is 0 Å². The van der Waals surface area contributed by atoms with Crippen LogP contribution < -0.4 is 10.5 Å². The number of fused-ring (bicyclic) bond motifs is 1. The van der Waals surface area contributed by atoms with Gasteiger partial charge in [0.2, 0.25) is 0 Å². The third-order valence-electron chi connectivity index (χ3n) is 3.77. The monoisotopic (exact) mass is 303 g/mol. The summed E-state index contributed by atoms with van der Waals surface area (Å²) in [6.45, 7) is 0.618. The Morgan fingerprint density at radius 3 is 2.71 bits per heavy atom. The van der Waals surface area contributed by atoms with E-state index in [2.05, 4.69) is 24.3 Å². The number of hydrogen-bond acceptors (Lipinski definition) is 3. The highest BCUT2D eigenvalue weighted by Crippen LogP contribution is 2.40. The zero-order chi connectivity index (χ0) is 14.8. The zero-order valence-electron chi connectivity index (χ0n) is 11.9. The van der Waals surface area contributed by atoms with Crippen molar-refractivity contribution in [2.75, 3.05) is 7.11 Å². The van der Waals surface area contributed by atoms with Gasteiger partial charge < -0.3 is 15.2 Å². The lowest BCUT2D eigenvalue weighted by atomic mass is 9.93. The van der Waals surface area contributed by atoms with Crippen molar-refractivity contribution in [2.45, 2.75) is 25.2 Å². The molecule has 2 atom stereocenters. The minimum Gasteiger partial charge on any atom is -0.485 e. The molecule has 1 aliphatic heterocycles. The summed E-state index contributed by atoms with van der Waals surface area (Å²) in [5.41, 5.74) is 9.52. The predicted molar refractivity (Wildman–Crippen MR) is 83.5 cm³/mol. The van der Waals surface area contributed by atoms with Crippen LogP contribution >= 0.6 is 11.6 Å². The van der Waals surface area contributed by atoms with E-state index in [1.54, 1.807) is 7.11 Å². The Kier molecular flexibility index (Phi) is 4.15. The van der Waals surface area contributed by atoms with Crippen molar-refractivity contribution < 1.29 is 9.47 Å². The van der Waals surface area contributed by atoms with E-state index in [9.17, 15) is 0 Å². The van der Waals surface area contributed by atoms with Crippen molar-refractivity contribution >= 4 is 11.6 Å². The third-order valence-corrected chi connectivity index (χ3v) is 4.01. The molecule has 1 aliphatic rings. The van der Waals surface area contributed by atoms with Gasteiger partial charge in [-0.25, -0.2) is 0 Å². The van der Waals surface area contributed by atoms with E-state index < -0.39 is 0 Å². The molecular weight excluding hydrogens is 286 g/mol. The highest BCUT2D eigenvalue weighted by molar-refractivity contribution is 6.30. The molecule has 21 heavy (non-hydrogen) atoms. The lowest BCUT2D eigenvalue weighted by Crippen LogP contribution is -2.24. The largest absolute Gasteiger partial charge is 0.485 e. The summed E-state index contributed by atoms with van der Waals surface area (Å²) in [6, 6.07) is 13.8. The first kappa shape index (κ1) is 14.4. The van der Waals surface area contributed by atoms with Crippen LogP contribution in [0, 0.1) is 0 Å². The van der Waals surface area contributed by atoms with E-state index in [0.717, 1.165) is 28.9 Å². The fourth-order valence-electron chi connectivity index (χ4n) is 2.67. The van der Waals surface area contributed by atoms with Gasteiger partial charge in [-0.3, -0.25) is 0 Å². The molecule has 0 amide bonds. The molecule has 0 spiro atoms. The Morgan fingerprint density at radius 1 is 1.24 bits per heavy atom. The van der Waals surface area contributed by atoms with Crippen molar-refractivity contribution in [3.05, 3.63) is 64.2 Å². The van der Waals surface area contributed by atoms with Crippen LogP contribution in [0.5, 0.6) is 5.75 Å². The summed E-state index contributed by atoms with van der Waals surface area (Å²) in [5, 5.41) is 0.690. The molecule has 2 aromatic carbocycles. The number of halogens is 1. The molecule has 3 rings (SSSR count). The third kappa shape index (κ3) is 3.05.